The summed E-state index contributed by atoms with van der Waals surface area (Å²) < 4.78 is 1.27. The summed E-state index contributed by atoms with van der Waals surface area (Å²) in [4.78, 5) is 10.6. The van der Waals surface area contributed by atoms with E-state index >= 15 is 0 Å². The van der Waals surface area contributed by atoms with E-state index in [2.05, 4.69) is 5.10 Å². The number of benzene rings is 1. The van der Waals surface area contributed by atoms with Gasteiger partial charge in [0.1, 0.15) is 12.4 Å². The van der Waals surface area contributed by atoms with Crippen LogP contribution in [0.2, 0.25) is 0 Å². The lowest BCUT2D eigenvalue weighted by Gasteiger charge is -1.98. The van der Waals surface area contributed by atoms with Crippen LogP contribution in [0.1, 0.15) is 0 Å². The van der Waals surface area contributed by atoms with Crippen molar-refractivity contribution in [2.45, 2.75) is 6.54 Å². The summed E-state index contributed by atoms with van der Waals surface area (Å²) in [5.74, 6) is -0.615. The van der Waals surface area contributed by atoms with Crippen LogP contribution in [0.5, 0.6) is 0 Å². The summed E-state index contributed by atoms with van der Waals surface area (Å²) >= 11 is 0. The molecule has 0 amide bonds. The number of nitrogens with zero attached hydrogens (tertiary/aromatic N) is 2. The largest absolute Gasteiger partial charge is 0.480 e. The Hall–Kier alpha value is -2.01. The first-order valence-electron chi connectivity index (χ1n) is 4.77. The zero-order valence-electron chi connectivity index (χ0n) is 8.91. The molecule has 0 aliphatic carbocycles. The van der Waals surface area contributed by atoms with Crippen molar-refractivity contribution < 1.29 is 9.90 Å². The number of hydrogen-bond acceptors (Lipinski definition) is 3. The van der Waals surface area contributed by atoms with E-state index in [0.717, 1.165) is 5.56 Å². The molecule has 0 fully saturated rings. The van der Waals surface area contributed by atoms with Gasteiger partial charge >= 0.3 is 5.97 Å². The highest BCUT2D eigenvalue weighted by atomic mass is 35.5. The Bertz CT molecular complexity index is 511. The van der Waals surface area contributed by atoms with E-state index in [1.165, 1.54) is 4.68 Å². The number of rotatable bonds is 3. The predicted octanol–water partition coefficient (Wildman–Crippen LogP) is 1.64. The van der Waals surface area contributed by atoms with Gasteiger partial charge in [0.05, 0.1) is 5.69 Å². The molecule has 0 saturated carbocycles. The molecule has 0 bridgehead atoms. The predicted molar refractivity (Wildman–Crippen MR) is 67.0 cm³/mol. The normalized spacial score (nSPS) is 9.65. The molecule has 0 aliphatic rings. The molecule has 3 N–H and O–H groups in total. The Morgan fingerprint density at radius 2 is 2.00 bits per heavy atom. The van der Waals surface area contributed by atoms with Gasteiger partial charge < -0.3 is 10.8 Å². The van der Waals surface area contributed by atoms with Crippen LogP contribution in [0.25, 0.3) is 11.3 Å². The molecule has 1 heterocycles. The van der Waals surface area contributed by atoms with Gasteiger partial charge in [-0.3, -0.25) is 4.79 Å². The highest BCUT2D eigenvalue weighted by molar-refractivity contribution is 5.85. The maximum Gasteiger partial charge on any atom is 0.325 e. The Morgan fingerprint density at radius 1 is 1.35 bits per heavy atom. The van der Waals surface area contributed by atoms with Crippen LogP contribution in [0.3, 0.4) is 0 Å². The van der Waals surface area contributed by atoms with Gasteiger partial charge in [-0.25, -0.2) is 4.68 Å². The van der Waals surface area contributed by atoms with Crippen LogP contribution in [0.4, 0.5) is 5.82 Å². The van der Waals surface area contributed by atoms with Crippen molar-refractivity contribution in [2.24, 2.45) is 0 Å². The van der Waals surface area contributed by atoms with E-state index in [4.69, 9.17) is 10.8 Å². The molecule has 0 atom stereocenters. The first kappa shape index (κ1) is 13.1. The lowest BCUT2D eigenvalue weighted by Crippen LogP contribution is -2.12. The van der Waals surface area contributed by atoms with Gasteiger partial charge in [-0.2, -0.15) is 5.10 Å². The molecular formula is C11H12ClN3O2. The average Bonchev–Trinajstić information content (AvgIpc) is 2.61. The Labute approximate surface area is 104 Å². The first-order chi connectivity index (χ1) is 7.66. The highest BCUT2D eigenvalue weighted by Crippen LogP contribution is 2.19. The fourth-order valence-corrected chi connectivity index (χ4v) is 1.44. The summed E-state index contributed by atoms with van der Waals surface area (Å²) in [6.45, 7) is -0.224. The van der Waals surface area contributed by atoms with Crippen molar-refractivity contribution in [1.82, 2.24) is 9.78 Å². The molecule has 0 spiro atoms. The molecular weight excluding hydrogens is 242 g/mol. The molecule has 90 valence electrons. The monoisotopic (exact) mass is 253 g/mol. The summed E-state index contributed by atoms with van der Waals surface area (Å²) in [7, 11) is 0. The summed E-state index contributed by atoms with van der Waals surface area (Å²) in [5, 5.41) is 12.8. The molecule has 0 aliphatic heterocycles. The molecule has 0 radical (unpaired) electrons. The van der Waals surface area contributed by atoms with E-state index in [1.54, 1.807) is 6.07 Å². The lowest BCUT2D eigenvalue weighted by atomic mass is 10.2. The number of nitrogens with two attached hydrogens (primary N) is 1. The SMILES string of the molecule is Cl.Nc1cc(-c2ccccc2)nn1CC(=O)O. The van der Waals surface area contributed by atoms with Crippen molar-refractivity contribution in [3.8, 4) is 11.3 Å². The molecule has 0 unspecified atom stereocenters. The number of nitrogen functional groups attached to an aromatic ring is 1. The molecule has 1 aromatic heterocycles. The van der Waals surface area contributed by atoms with Crippen LogP contribution in [-0.4, -0.2) is 20.9 Å². The summed E-state index contributed by atoms with van der Waals surface area (Å²) in [6.07, 6.45) is 0. The number of carbonyl (C=O) groups is 1. The first-order valence-corrected chi connectivity index (χ1v) is 4.77. The van der Waals surface area contributed by atoms with Crippen molar-refractivity contribution in [1.29, 1.82) is 0 Å². The lowest BCUT2D eigenvalue weighted by molar-refractivity contribution is -0.137. The Balaban J connectivity index is 0.00000144. The van der Waals surface area contributed by atoms with Crippen molar-refractivity contribution in [3.05, 3.63) is 36.4 Å². The zero-order chi connectivity index (χ0) is 11.5. The van der Waals surface area contributed by atoms with Crippen molar-refractivity contribution in [2.75, 3.05) is 5.73 Å². The number of halogens is 1. The van der Waals surface area contributed by atoms with Gasteiger partial charge in [-0.1, -0.05) is 30.3 Å². The van der Waals surface area contributed by atoms with Gasteiger partial charge in [0.25, 0.3) is 0 Å². The molecule has 2 rings (SSSR count). The van der Waals surface area contributed by atoms with Crippen molar-refractivity contribution in [3.63, 3.8) is 0 Å². The smallest absolute Gasteiger partial charge is 0.325 e. The number of carboxylic acid groups (broad SMARTS) is 1. The minimum Gasteiger partial charge on any atom is -0.480 e. The highest BCUT2D eigenvalue weighted by Gasteiger charge is 2.08. The molecule has 0 saturated heterocycles. The average molecular weight is 254 g/mol. The topological polar surface area (TPSA) is 81.1 Å². The molecule has 2 aromatic rings. The maximum absolute atomic E-state index is 10.6. The van der Waals surface area contributed by atoms with E-state index in [1.807, 2.05) is 30.3 Å². The maximum atomic E-state index is 10.6. The fraction of sp³-hybridized carbons (Fsp3) is 0.0909. The second-order valence-electron chi connectivity index (χ2n) is 3.37. The van der Waals surface area contributed by atoms with Gasteiger partial charge in [0.15, 0.2) is 0 Å². The molecule has 5 nitrogen and oxygen atoms in total. The molecule has 1 aromatic carbocycles. The van der Waals surface area contributed by atoms with Crippen LogP contribution in [0.15, 0.2) is 36.4 Å². The number of carboxylic acids is 1. The van der Waals surface area contributed by atoms with Gasteiger partial charge in [0, 0.05) is 11.6 Å². The van der Waals surface area contributed by atoms with E-state index in [0.29, 0.717) is 11.5 Å². The van der Waals surface area contributed by atoms with Gasteiger partial charge in [0.2, 0.25) is 0 Å². The van der Waals surface area contributed by atoms with E-state index in [-0.39, 0.29) is 19.0 Å². The van der Waals surface area contributed by atoms with E-state index in [9.17, 15) is 4.79 Å². The molecule has 17 heavy (non-hydrogen) atoms. The third-order valence-electron chi connectivity index (χ3n) is 2.17. The quantitative estimate of drug-likeness (QED) is 0.871. The second kappa shape index (κ2) is 5.36. The number of anilines is 1. The minimum atomic E-state index is -0.964. The number of aliphatic carboxylic acids is 1. The summed E-state index contributed by atoms with van der Waals surface area (Å²) in [6, 6.07) is 11.1. The Kier molecular flexibility index (Phi) is 4.12. The number of hydrogen-bond donors (Lipinski definition) is 2. The minimum absolute atomic E-state index is 0. The second-order valence-corrected chi connectivity index (χ2v) is 3.37. The van der Waals surface area contributed by atoms with E-state index < -0.39 is 5.97 Å². The molecule has 6 heteroatoms. The van der Waals surface area contributed by atoms with Gasteiger partial charge in [-0.05, 0) is 0 Å². The number of aromatic nitrogens is 2. The third-order valence-corrected chi connectivity index (χ3v) is 2.17. The van der Waals surface area contributed by atoms with Crippen LogP contribution in [0, 0.1) is 0 Å². The Morgan fingerprint density at radius 3 is 2.59 bits per heavy atom. The standard InChI is InChI=1S/C11H11N3O2.ClH/c12-10-6-9(8-4-2-1-3-5-8)13-14(10)7-11(15)16;/h1-6H,7,12H2,(H,15,16);1H. The van der Waals surface area contributed by atoms with Crippen molar-refractivity contribution >= 4 is 24.2 Å². The van der Waals surface area contributed by atoms with Gasteiger partial charge in [-0.15, -0.1) is 12.4 Å². The summed E-state index contributed by atoms with van der Waals surface area (Å²) in [5.41, 5.74) is 7.26. The van der Waals surface area contributed by atoms with Crippen LogP contribution in [-0.2, 0) is 11.3 Å². The fourth-order valence-electron chi connectivity index (χ4n) is 1.44. The third kappa shape index (κ3) is 2.98. The zero-order valence-corrected chi connectivity index (χ0v) is 9.72. The van der Waals surface area contributed by atoms with Crippen LogP contribution >= 0.6 is 12.4 Å². The van der Waals surface area contributed by atoms with Crippen LogP contribution < -0.4 is 5.73 Å².